The summed E-state index contributed by atoms with van der Waals surface area (Å²) in [6, 6.07) is 21.9. The summed E-state index contributed by atoms with van der Waals surface area (Å²) in [5.74, 6) is -0.256. The first-order valence-corrected chi connectivity index (χ1v) is 9.20. The molecule has 0 aliphatic rings. The van der Waals surface area contributed by atoms with Crippen molar-refractivity contribution in [1.82, 2.24) is 19.6 Å². The molecule has 0 spiro atoms. The molecule has 2 aromatic heterocycles. The maximum atomic E-state index is 14.2. The third kappa shape index (κ3) is 2.88. The summed E-state index contributed by atoms with van der Waals surface area (Å²) in [6.45, 7) is 7.02. The number of anilines is 1. The van der Waals surface area contributed by atoms with E-state index in [1.807, 2.05) is 53.2 Å². The second-order valence-corrected chi connectivity index (χ2v) is 6.78. The number of rotatable bonds is 3. The van der Waals surface area contributed by atoms with Gasteiger partial charge in [-0.25, -0.2) is 18.6 Å². The van der Waals surface area contributed by atoms with Crippen molar-refractivity contribution in [1.29, 1.82) is 0 Å². The van der Waals surface area contributed by atoms with Gasteiger partial charge in [-0.15, -0.1) is 0 Å². The second-order valence-electron chi connectivity index (χ2n) is 6.78. The zero-order valence-corrected chi connectivity index (χ0v) is 15.7. The minimum absolute atomic E-state index is 0.0208. The molecule has 7 heteroatoms. The van der Waals surface area contributed by atoms with Crippen LogP contribution in [0.15, 0.2) is 79.0 Å². The first kappa shape index (κ1) is 17.6. The average Bonchev–Trinajstić information content (AvgIpc) is 3.37. The predicted molar refractivity (Wildman–Crippen MR) is 114 cm³/mol. The molecule has 0 aliphatic heterocycles. The Labute approximate surface area is 171 Å². The van der Waals surface area contributed by atoms with Gasteiger partial charge in [0.25, 0.3) is 0 Å². The lowest BCUT2D eigenvalue weighted by molar-refractivity contribution is 0.634. The Bertz CT molecular complexity index is 1430. The number of nitrogens with two attached hydrogens (primary N) is 1. The number of hydrogen-bond donors (Lipinski definition) is 1. The third-order valence-corrected chi connectivity index (χ3v) is 4.89. The van der Waals surface area contributed by atoms with E-state index in [0.29, 0.717) is 17.1 Å². The van der Waals surface area contributed by atoms with Crippen LogP contribution in [0.2, 0.25) is 0 Å². The molecule has 6 nitrogen and oxygen atoms in total. The van der Waals surface area contributed by atoms with E-state index in [-0.39, 0.29) is 5.69 Å². The van der Waals surface area contributed by atoms with E-state index in [0.717, 1.165) is 22.3 Å². The van der Waals surface area contributed by atoms with Crippen LogP contribution in [0.1, 0.15) is 0 Å². The molecule has 0 radical (unpaired) electrons. The van der Waals surface area contributed by atoms with Crippen molar-refractivity contribution >= 4 is 22.4 Å². The monoisotopic (exact) mass is 394 g/mol. The molecule has 0 amide bonds. The predicted octanol–water partition coefficient (Wildman–Crippen LogP) is 5.15. The lowest BCUT2D eigenvalue weighted by atomic mass is 10.1. The van der Waals surface area contributed by atoms with Crippen LogP contribution in [0.4, 0.5) is 15.9 Å². The zero-order valence-electron chi connectivity index (χ0n) is 15.7. The van der Waals surface area contributed by atoms with Crippen LogP contribution >= 0.6 is 0 Å². The van der Waals surface area contributed by atoms with Crippen molar-refractivity contribution in [3.63, 3.8) is 0 Å². The fraction of sp³-hybridized carbons (Fsp3) is 0. The Hall–Kier alpha value is -4.44. The molecule has 0 fully saturated rings. The molecular formula is C23H15FN6. The number of nitrogens with zero attached hydrogens (tertiary/aromatic N) is 5. The lowest BCUT2D eigenvalue weighted by Gasteiger charge is -2.09. The van der Waals surface area contributed by atoms with Crippen LogP contribution in [0.5, 0.6) is 0 Å². The summed E-state index contributed by atoms with van der Waals surface area (Å²) >= 11 is 0. The van der Waals surface area contributed by atoms with Crippen LogP contribution in [0, 0.1) is 12.4 Å². The van der Waals surface area contributed by atoms with Gasteiger partial charge in [-0.1, -0.05) is 30.3 Å². The maximum Gasteiger partial charge on any atom is 0.222 e. The highest BCUT2D eigenvalue weighted by atomic mass is 19.1. The van der Waals surface area contributed by atoms with Crippen molar-refractivity contribution in [2.45, 2.75) is 0 Å². The second kappa shape index (κ2) is 6.87. The smallest absolute Gasteiger partial charge is 0.222 e. The molecule has 2 N–H and O–H groups in total. The Balaban J connectivity index is 1.62. The van der Waals surface area contributed by atoms with E-state index in [9.17, 15) is 4.39 Å². The molecule has 144 valence electrons. The summed E-state index contributed by atoms with van der Waals surface area (Å²) in [5.41, 5.74) is 9.86. The first-order chi connectivity index (χ1) is 14.6. The van der Waals surface area contributed by atoms with Gasteiger partial charge in [0.15, 0.2) is 0 Å². The molecule has 3 aromatic carbocycles. The Morgan fingerprint density at radius 3 is 2.50 bits per heavy atom. The standard InChI is InChI=1S/C23H15FN6/c1-26-20-9-7-15(12-19(20)24)22-13-23(25)28-30(22)18-8-10-21-16(11-18)14-27-29(21)17-5-3-2-4-6-17/h2-14H,(H2,25,28). The van der Waals surface area contributed by atoms with Crippen molar-refractivity contribution in [2.75, 3.05) is 5.73 Å². The van der Waals surface area contributed by atoms with E-state index >= 15 is 0 Å². The Morgan fingerprint density at radius 2 is 1.73 bits per heavy atom. The van der Waals surface area contributed by atoms with E-state index in [2.05, 4.69) is 15.0 Å². The molecule has 2 heterocycles. The largest absolute Gasteiger partial charge is 0.382 e. The van der Waals surface area contributed by atoms with Gasteiger partial charge in [-0.2, -0.15) is 10.2 Å². The van der Waals surface area contributed by atoms with Crippen molar-refractivity contribution in [2.24, 2.45) is 0 Å². The van der Waals surface area contributed by atoms with Gasteiger partial charge in [0.1, 0.15) is 11.6 Å². The van der Waals surface area contributed by atoms with Crippen LogP contribution in [0.3, 0.4) is 0 Å². The van der Waals surface area contributed by atoms with Gasteiger partial charge in [0.05, 0.1) is 35.4 Å². The summed E-state index contributed by atoms with van der Waals surface area (Å²) in [4.78, 5) is 3.17. The van der Waals surface area contributed by atoms with Gasteiger partial charge >= 0.3 is 0 Å². The summed E-state index contributed by atoms with van der Waals surface area (Å²) in [7, 11) is 0. The van der Waals surface area contributed by atoms with Crippen LogP contribution in [-0.2, 0) is 0 Å². The molecule has 30 heavy (non-hydrogen) atoms. The van der Waals surface area contributed by atoms with Gasteiger partial charge in [-0.05, 0) is 36.4 Å². The third-order valence-electron chi connectivity index (χ3n) is 4.89. The SMILES string of the molecule is [C-]#[N+]c1ccc(-c2cc(N)nn2-c2ccc3c(cnn3-c3ccccc3)c2)cc1F. The lowest BCUT2D eigenvalue weighted by Crippen LogP contribution is -2.00. The Morgan fingerprint density at radius 1 is 0.900 bits per heavy atom. The van der Waals surface area contributed by atoms with Gasteiger partial charge in [0.2, 0.25) is 5.69 Å². The number of aromatic nitrogens is 4. The van der Waals surface area contributed by atoms with Gasteiger partial charge in [0, 0.05) is 17.0 Å². The molecule has 0 aliphatic carbocycles. The molecule has 0 atom stereocenters. The number of para-hydroxylation sites is 1. The Kier molecular flexibility index (Phi) is 4.04. The number of halogens is 1. The average molecular weight is 394 g/mol. The minimum atomic E-state index is -0.576. The minimum Gasteiger partial charge on any atom is -0.382 e. The van der Waals surface area contributed by atoms with E-state index in [4.69, 9.17) is 12.3 Å². The molecule has 0 unspecified atom stereocenters. The highest BCUT2D eigenvalue weighted by Gasteiger charge is 2.14. The fourth-order valence-electron chi connectivity index (χ4n) is 3.49. The number of hydrogen-bond acceptors (Lipinski definition) is 3. The number of benzene rings is 3. The van der Waals surface area contributed by atoms with Crippen LogP contribution in [0.25, 0.3) is 38.4 Å². The molecular weight excluding hydrogens is 379 g/mol. The van der Waals surface area contributed by atoms with Gasteiger partial charge < -0.3 is 5.73 Å². The van der Waals surface area contributed by atoms with Crippen LogP contribution < -0.4 is 5.73 Å². The van der Waals surface area contributed by atoms with E-state index in [1.54, 1.807) is 23.0 Å². The first-order valence-electron chi connectivity index (χ1n) is 9.20. The highest BCUT2D eigenvalue weighted by molar-refractivity contribution is 5.83. The fourth-order valence-corrected chi connectivity index (χ4v) is 3.49. The summed E-state index contributed by atoms with van der Waals surface area (Å²) in [6.07, 6.45) is 1.79. The molecule has 5 aromatic rings. The number of nitrogen functional groups attached to an aromatic ring is 1. The van der Waals surface area contributed by atoms with Crippen LogP contribution in [-0.4, -0.2) is 19.6 Å². The maximum absolute atomic E-state index is 14.2. The zero-order chi connectivity index (χ0) is 20.7. The van der Waals surface area contributed by atoms with Crippen molar-refractivity contribution in [3.8, 4) is 22.6 Å². The quantitative estimate of drug-likeness (QED) is 0.430. The summed E-state index contributed by atoms with van der Waals surface area (Å²) in [5, 5.41) is 9.82. The molecule has 0 saturated carbocycles. The topological polar surface area (TPSA) is 66.0 Å². The molecule has 5 rings (SSSR count). The highest BCUT2D eigenvalue weighted by Crippen LogP contribution is 2.30. The molecule has 0 saturated heterocycles. The van der Waals surface area contributed by atoms with E-state index < -0.39 is 5.82 Å². The van der Waals surface area contributed by atoms with E-state index in [1.165, 1.54) is 12.1 Å². The van der Waals surface area contributed by atoms with Crippen molar-refractivity contribution < 1.29 is 4.39 Å². The number of fused-ring (bicyclic) bond motifs is 1. The molecule has 0 bridgehead atoms. The van der Waals surface area contributed by atoms with Crippen molar-refractivity contribution in [3.05, 3.63) is 96.2 Å². The normalized spacial score (nSPS) is 10.9. The van der Waals surface area contributed by atoms with Gasteiger partial charge in [-0.3, -0.25) is 0 Å². The summed E-state index contributed by atoms with van der Waals surface area (Å²) < 4.78 is 17.7.